The number of nitrogens with zero attached hydrogens (tertiary/aromatic N) is 1. The minimum Gasteiger partial charge on any atom is -0.377 e. The molecule has 0 aliphatic carbocycles. The second-order valence-corrected chi connectivity index (χ2v) is 3.36. The summed E-state index contributed by atoms with van der Waals surface area (Å²) in [5, 5.41) is 8.61. The lowest BCUT2D eigenvalue weighted by atomic mass is 10.00. The monoisotopic (exact) mass is 203 g/mol. The van der Waals surface area contributed by atoms with Gasteiger partial charge in [-0.15, -0.1) is 0 Å². The number of benzene rings is 1. The van der Waals surface area contributed by atoms with Gasteiger partial charge < -0.3 is 4.74 Å². The predicted molar refractivity (Wildman–Crippen MR) is 54.5 cm³/mol. The first-order valence-electron chi connectivity index (χ1n) is 4.78. The molecule has 0 saturated carbocycles. The third kappa shape index (κ3) is 2.05. The number of hydrogen-bond donors (Lipinski definition) is 0. The molecule has 0 aromatic heterocycles. The lowest BCUT2D eigenvalue weighted by Crippen LogP contribution is -2.04. The molecular weight excluding hydrogens is 193 g/mol. The third-order valence-electron chi connectivity index (χ3n) is 2.41. The highest BCUT2D eigenvalue weighted by Gasteiger charge is 2.11. The molecule has 1 aromatic rings. The lowest BCUT2D eigenvalue weighted by Gasteiger charge is -2.14. The van der Waals surface area contributed by atoms with E-state index in [1.165, 1.54) is 6.07 Å². The van der Waals surface area contributed by atoms with E-state index in [9.17, 15) is 4.39 Å². The zero-order valence-electron chi connectivity index (χ0n) is 8.16. The van der Waals surface area contributed by atoms with Crippen LogP contribution in [-0.4, -0.2) is 13.2 Å². The summed E-state index contributed by atoms with van der Waals surface area (Å²) in [5.74, 6) is -0.331. The van der Waals surface area contributed by atoms with Crippen LogP contribution in [0.4, 0.5) is 4.39 Å². The van der Waals surface area contributed by atoms with Crippen molar-refractivity contribution in [1.82, 2.24) is 0 Å². The molecule has 1 aliphatic rings. The van der Waals surface area contributed by atoms with Gasteiger partial charge in [0.25, 0.3) is 0 Å². The molecule has 0 N–H and O–H groups in total. The van der Waals surface area contributed by atoms with E-state index in [0.717, 1.165) is 12.0 Å². The van der Waals surface area contributed by atoms with E-state index in [0.29, 0.717) is 24.3 Å². The standard InChI is InChI=1S/C12H10FNO/c13-12-7-9(8-14)1-2-11(12)10-3-5-15-6-4-10/h1-3,7H,4-6H2. The number of hydrogen-bond acceptors (Lipinski definition) is 2. The van der Waals surface area contributed by atoms with Crippen LogP contribution in [-0.2, 0) is 4.74 Å². The number of ether oxygens (including phenoxy) is 1. The summed E-state index contributed by atoms with van der Waals surface area (Å²) in [5.41, 5.74) is 1.89. The van der Waals surface area contributed by atoms with Crippen molar-refractivity contribution in [3.8, 4) is 6.07 Å². The van der Waals surface area contributed by atoms with Gasteiger partial charge in [-0.1, -0.05) is 12.1 Å². The maximum absolute atomic E-state index is 13.6. The Morgan fingerprint density at radius 1 is 1.40 bits per heavy atom. The van der Waals surface area contributed by atoms with E-state index in [2.05, 4.69) is 0 Å². The Hall–Kier alpha value is -1.66. The number of nitriles is 1. The van der Waals surface area contributed by atoms with E-state index >= 15 is 0 Å². The largest absolute Gasteiger partial charge is 0.377 e. The SMILES string of the molecule is N#Cc1ccc(C2=CCOCC2)c(F)c1. The highest BCUT2D eigenvalue weighted by atomic mass is 19.1. The zero-order chi connectivity index (χ0) is 10.7. The summed E-state index contributed by atoms with van der Waals surface area (Å²) in [6, 6.07) is 6.47. The topological polar surface area (TPSA) is 33.0 Å². The van der Waals surface area contributed by atoms with Crippen molar-refractivity contribution in [3.63, 3.8) is 0 Å². The van der Waals surface area contributed by atoms with Crippen LogP contribution in [0.3, 0.4) is 0 Å². The first kappa shape index (κ1) is 9.88. The summed E-state index contributed by atoms with van der Waals surface area (Å²) in [7, 11) is 0. The Bertz CT molecular complexity index is 445. The van der Waals surface area contributed by atoms with Crippen LogP contribution < -0.4 is 0 Å². The molecule has 2 rings (SSSR count). The molecule has 0 atom stereocenters. The van der Waals surface area contributed by atoms with Crippen LogP contribution in [0.5, 0.6) is 0 Å². The zero-order valence-corrected chi connectivity index (χ0v) is 8.16. The number of rotatable bonds is 1. The fourth-order valence-corrected chi connectivity index (χ4v) is 1.62. The molecule has 0 spiro atoms. The normalized spacial score (nSPS) is 15.6. The van der Waals surface area contributed by atoms with Crippen molar-refractivity contribution in [2.24, 2.45) is 0 Å². The summed E-state index contributed by atoms with van der Waals surface area (Å²) in [4.78, 5) is 0. The first-order valence-corrected chi connectivity index (χ1v) is 4.78. The van der Waals surface area contributed by atoms with Crippen molar-refractivity contribution >= 4 is 5.57 Å². The highest BCUT2D eigenvalue weighted by Crippen LogP contribution is 2.24. The average molecular weight is 203 g/mol. The van der Waals surface area contributed by atoms with Crippen LogP contribution in [0.15, 0.2) is 24.3 Å². The second kappa shape index (κ2) is 4.24. The van der Waals surface area contributed by atoms with Gasteiger partial charge in [-0.3, -0.25) is 0 Å². The van der Waals surface area contributed by atoms with Crippen molar-refractivity contribution < 1.29 is 9.13 Å². The summed E-state index contributed by atoms with van der Waals surface area (Å²) in [6.45, 7) is 1.17. The van der Waals surface area contributed by atoms with Gasteiger partial charge in [-0.2, -0.15) is 5.26 Å². The van der Waals surface area contributed by atoms with E-state index in [-0.39, 0.29) is 5.82 Å². The van der Waals surface area contributed by atoms with Crippen LogP contribution >= 0.6 is 0 Å². The molecule has 0 radical (unpaired) electrons. The fraction of sp³-hybridized carbons (Fsp3) is 0.250. The van der Waals surface area contributed by atoms with Gasteiger partial charge in [-0.05, 0) is 24.1 Å². The maximum Gasteiger partial charge on any atom is 0.132 e. The van der Waals surface area contributed by atoms with Crippen molar-refractivity contribution in [2.75, 3.05) is 13.2 Å². The molecule has 0 bridgehead atoms. The maximum atomic E-state index is 13.6. The Morgan fingerprint density at radius 3 is 2.87 bits per heavy atom. The minimum atomic E-state index is -0.331. The van der Waals surface area contributed by atoms with Gasteiger partial charge in [-0.25, -0.2) is 4.39 Å². The second-order valence-electron chi connectivity index (χ2n) is 3.36. The first-order chi connectivity index (χ1) is 7.31. The third-order valence-corrected chi connectivity index (χ3v) is 2.41. The minimum absolute atomic E-state index is 0.331. The molecule has 2 nitrogen and oxygen atoms in total. The molecule has 76 valence electrons. The van der Waals surface area contributed by atoms with E-state index < -0.39 is 0 Å². The molecule has 3 heteroatoms. The smallest absolute Gasteiger partial charge is 0.132 e. The summed E-state index contributed by atoms with van der Waals surface area (Å²) in [6.07, 6.45) is 2.61. The summed E-state index contributed by atoms with van der Waals surface area (Å²) >= 11 is 0. The van der Waals surface area contributed by atoms with Gasteiger partial charge in [0.05, 0.1) is 24.8 Å². The van der Waals surface area contributed by atoms with Gasteiger partial charge >= 0.3 is 0 Å². The molecular formula is C12H10FNO. The van der Waals surface area contributed by atoms with E-state index in [1.807, 2.05) is 12.1 Å². The molecule has 0 fully saturated rings. The highest BCUT2D eigenvalue weighted by molar-refractivity contribution is 5.67. The molecule has 1 aliphatic heterocycles. The number of halogens is 1. The molecule has 0 saturated heterocycles. The van der Waals surface area contributed by atoms with Gasteiger partial charge in [0, 0.05) is 5.56 Å². The van der Waals surface area contributed by atoms with Crippen LogP contribution in [0.25, 0.3) is 5.57 Å². The van der Waals surface area contributed by atoms with E-state index in [1.54, 1.807) is 12.1 Å². The van der Waals surface area contributed by atoms with E-state index in [4.69, 9.17) is 10.00 Å². The predicted octanol–water partition coefficient (Wildman–Crippen LogP) is 2.50. The van der Waals surface area contributed by atoms with Crippen LogP contribution in [0.2, 0.25) is 0 Å². The van der Waals surface area contributed by atoms with Crippen molar-refractivity contribution in [3.05, 3.63) is 41.2 Å². The lowest BCUT2D eigenvalue weighted by molar-refractivity contribution is 0.161. The van der Waals surface area contributed by atoms with Crippen molar-refractivity contribution in [2.45, 2.75) is 6.42 Å². The molecule has 1 aromatic carbocycles. The Balaban J connectivity index is 2.37. The Kier molecular flexibility index (Phi) is 2.79. The van der Waals surface area contributed by atoms with Crippen molar-refractivity contribution in [1.29, 1.82) is 5.26 Å². The molecule has 1 heterocycles. The molecule has 15 heavy (non-hydrogen) atoms. The van der Waals surface area contributed by atoms with Gasteiger partial charge in [0.15, 0.2) is 0 Å². The Morgan fingerprint density at radius 2 is 2.27 bits per heavy atom. The molecule has 0 unspecified atom stereocenters. The average Bonchev–Trinajstić information content (AvgIpc) is 2.30. The van der Waals surface area contributed by atoms with Gasteiger partial charge in [0.1, 0.15) is 5.82 Å². The quantitative estimate of drug-likeness (QED) is 0.702. The molecule has 0 amide bonds. The fourth-order valence-electron chi connectivity index (χ4n) is 1.62. The Labute approximate surface area is 87.6 Å². The van der Waals surface area contributed by atoms with Crippen LogP contribution in [0.1, 0.15) is 17.5 Å². The van der Waals surface area contributed by atoms with Gasteiger partial charge in [0.2, 0.25) is 0 Å². The van der Waals surface area contributed by atoms with Crippen LogP contribution in [0, 0.1) is 17.1 Å². The summed E-state index contributed by atoms with van der Waals surface area (Å²) < 4.78 is 18.7.